The molecule has 0 spiro atoms. The lowest BCUT2D eigenvalue weighted by molar-refractivity contribution is -0.146. The summed E-state index contributed by atoms with van der Waals surface area (Å²) in [5, 5.41) is 9.35. The number of aliphatic hydroxyl groups is 1. The molecule has 47 heavy (non-hydrogen) atoms. The number of rotatable bonds is 16. The molecular formula is C41H66O6. The number of Topliss-reactive ketones (excluding diaryl/α,β-unsaturated/α-hetero) is 1. The van der Waals surface area contributed by atoms with Crippen molar-refractivity contribution in [2.45, 2.75) is 208 Å². The Morgan fingerprint density at radius 1 is 0.638 bits per heavy atom. The second kappa shape index (κ2) is 25.7. The summed E-state index contributed by atoms with van der Waals surface area (Å²) < 4.78 is 23.9. The molecule has 266 valence electrons. The first kappa shape index (κ1) is 44.7. The number of hydrogen-bond donors (Lipinski definition) is 1. The van der Waals surface area contributed by atoms with E-state index in [1.807, 2.05) is 34.6 Å². The van der Waals surface area contributed by atoms with Crippen LogP contribution in [0, 0.1) is 47.4 Å². The maximum Gasteiger partial charge on any atom is 0.206 e. The lowest BCUT2D eigenvalue weighted by Crippen LogP contribution is -2.21. The minimum atomic E-state index is -0.579. The Labute approximate surface area is 289 Å². The van der Waals surface area contributed by atoms with Crippen molar-refractivity contribution >= 4 is 5.78 Å². The summed E-state index contributed by atoms with van der Waals surface area (Å²) >= 11 is 0. The van der Waals surface area contributed by atoms with E-state index in [0.717, 1.165) is 12.8 Å². The summed E-state index contributed by atoms with van der Waals surface area (Å²) in [6.07, 6.45) is 16.6. The normalized spacial score (nSPS) is 22.2. The largest absolute Gasteiger partial charge is 0.380 e. The molecule has 0 aromatic rings. The minimum absolute atomic E-state index is 0. The third kappa shape index (κ3) is 21.3. The van der Waals surface area contributed by atoms with Gasteiger partial charge in [-0.05, 0) is 76.6 Å². The summed E-state index contributed by atoms with van der Waals surface area (Å²) in [5.41, 5.74) is 0. The zero-order chi connectivity index (χ0) is 34.3. The molecular weight excluding hydrogens is 588 g/mol. The van der Waals surface area contributed by atoms with E-state index < -0.39 is 17.7 Å². The van der Waals surface area contributed by atoms with Crippen LogP contribution in [0.25, 0.3) is 0 Å². The van der Waals surface area contributed by atoms with E-state index in [-0.39, 0.29) is 37.6 Å². The molecule has 1 unspecified atom stereocenters. The Morgan fingerprint density at radius 3 is 1.49 bits per heavy atom. The molecule has 6 nitrogen and oxygen atoms in total. The number of ether oxygens (including phenoxy) is 4. The fraction of sp³-hybridized carbons (Fsp3) is 0.780. The number of carbonyl (C=O) groups excluding carboxylic acids is 1. The molecule has 0 aromatic carbocycles. The van der Waals surface area contributed by atoms with Gasteiger partial charge in [-0.15, -0.1) is 0 Å². The monoisotopic (exact) mass is 654 g/mol. The molecule has 0 amide bonds. The zero-order valence-electron chi connectivity index (χ0n) is 30.2. The Bertz CT molecular complexity index is 1110. The van der Waals surface area contributed by atoms with Gasteiger partial charge in [-0.2, -0.15) is 0 Å². The van der Waals surface area contributed by atoms with E-state index in [2.05, 4.69) is 61.2 Å². The van der Waals surface area contributed by atoms with Gasteiger partial charge in [-0.3, -0.25) is 4.79 Å². The molecule has 2 heterocycles. The highest BCUT2D eigenvalue weighted by atomic mass is 16.8. The highest BCUT2D eigenvalue weighted by Crippen LogP contribution is 2.33. The van der Waals surface area contributed by atoms with Crippen molar-refractivity contribution in [3.8, 4) is 47.4 Å². The predicted molar refractivity (Wildman–Crippen MR) is 193 cm³/mol. The average molecular weight is 655 g/mol. The van der Waals surface area contributed by atoms with Gasteiger partial charge >= 0.3 is 0 Å². The maximum atomic E-state index is 11.1. The van der Waals surface area contributed by atoms with Gasteiger partial charge in [0, 0.05) is 19.3 Å². The molecule has 0 aliphatic carbocycles. The van der Waals surface area contributed by atoms with Crippen molar-refractivity contribution in [3.63, 3.8) is 0 Å². The van der Waals surface area contributed by atoms with Crippen LogP contribution in [-0.2, 0) is 23.7 Å². The second-order valence-electron chi connectivity index (χ2n) is 13.1. The van der Waals surface area contributed by atoms with Crippen LogP contribution in [0.15, 0.2) is 0 Å². The van der Waals surface area contributed by atoms with Crippen molar-refractivity contribution in [2.75, 3.05) is 0 Å². The fourth-order valence-corrected chi connectivity index (χ4v) is 5.35. The smallest absolute Gasteiger partial charge is 0.206 e. The molecule has 2 saturated heterocycles. The van der Waals surface area contributed by atoms with Crippen LogP contribution in [0.1, 0.15) is 166 Å². The summed E-state index contributed by atoms with van der Waals surface area (Å²) in [7, 11) is 0. The summed E-state index contributed by atoms with van der Waals surface area (Å²) in [6, 6.07) is 0. The molecule has 5 atom stereocenters. The van der Waals surface area contributed by atoms with Gasteiger partial charge in [0.25, 0.3) is 0 Å². The van der Waals surface area contributed by atoms with Crippen molar-refractivity contribution in [2.24, 2.45) is 0 Å². The number of ketones is 1. The van der Waals surface area contributed by atoms with Gasteiger partial charge in [0.15, 0.2) is 11.6 Å². The first-order valence-corrected chi connectivity index (χ1v) is 17.9. The summed E-state index contributed by atoms with van der Waals surface area (Å²) in [6.45, 7) is 16.0. The summed E-state index contributed by atoms with van der Waals surface area (Å²) in [5.74, 6) is 21.0. The van der Waals surface area contributed by atoms with Gasteiger partial charge in [-0.1, -0.05) is 117 Å². The Hall–Kier alpha value is -2.29. The third-order valence-corrected chi connectivity index (χ3v) is 7.81. The lowest BCUT2D eigenvalue weighted by Gasteiger charge is -2.16. The summed E-state index contributed by atoms with van der Waals surface area (Å²) in [4.78, 5) is 11.1. The van der Waals surface area contributed by atoms with Crippen molar-refractivity contribution in [1.29, 1.82) is 0 Å². The van der Waals surface area contributed by atoms with E-state index in [0.29, 0.717) is 25.7 Å². The predicted octanol–water partition coefficient (Wildman–Crippen LogP) is 8.91. The molecule has 2 aliphatic rings. The van der Waals surface area contributed by atoms with E-state index in [9.17, 15) is 9.90 Å². The Kier molecular flexibility index (Phi) is 24.4. The van der Waals surface area contributed by atoms with Crippen LogP contribution in [0.3, 0.4) is 0 Å². The quantitative estimate of drug-likeness (QED) is 0.102. The number of unbranched alkanes of at least 4 members (excludes halogenated alkanes) is 8. The van der Waals surface area contributed by atoms with E-state index in [1.54, 1.807) is 6.92 Å². The molecule has 1 N–H and O–H groups in total. The van der Waals surface area contributed by atoms with Gasteiger partial charge in [-0.25, -0.2) is 0 Å². The molecule has 6 heteroatoms. The highest BCUT2D eigenvalue weighted by molar-refractivity contribution is 5.95. The third-order valence-electron chi connectivity index (χ3n) is 7.81. The molecule has 2 aliphatic heterocycles. The van der Waals surface area contributed by atoms with Crippen molar-refractivity contribution in [1.82, 2.24) is 0 Å². The number of hydrogen-bond acceptors (Lipinski definition) is 6. The van der Waals surface area contributed by atoms with E-state index in [4.69, 9.17) is 18.9 Å². The van der Waals surface area contributed by atoms with Gasteiger partial charge in [0.2, 0.25) is 5.78 Å². The first-order chi connectivity index (χ1) is 22.0. The number of carbonyl (C=O) groups is 1. The fourth-order valence-electron chi connectivity index (χ4n) is 5.35. The van der Waals surface area contributed by atoms with Crippen LogP contribution < -0.4 is 0 Å². The maximum absolute atomic E-state index is 11.1. The van der Waals surface area contributed by atoms with Crippen LogP contribution in [-0.4, -0.2) is 53.0 Å². The molecule has 2 rings (SSSR count). The van der Waals surface area contributed by atoms with E-state index in [1.165, 1.54) is 64.2 Å². The molecule has 2 fully saturated rings. The molecule has 0 radical (unpaired) electrons. The SMILES string of the molecule is C.CCCCCCC[C@H]1OC(C)(C)O[C@@H]1CC#CC#CC(=O)CC.CCCCCCC[C@H]1OC(C)(C)O[C@@H]1CC#CC#CC(O)CC. The second-order valence-corrected chi connectivity index (χ2v) is 13.1. The zero-order valence-corrected chi connectivity index (χ0v) is 30.2. The van der Waals surface area contributed by atoms with Gasteiger partial charge in [0.1, 0.15) is 6.10 Å². The average Bonchev–Trinajstić information content (AvgIpc) is 3.48. The Morgan fingerprint density at radius 2 is 1.06 bits per heavy atom. The van der Waals surface area contributed by atoms with Crippen LogP contribution in [0.4, 0.5) is 0 Å². The molecule has 0 bridgehead atoms. The lowest BCUT2D eigenvalue weighted by atomic mass is 10.0. The van der Waals surface area contributed by atoms with E-state index >= 15 is 0 Å². The van der Waals surface area contributed by atoms with Crippen molar-refractivity contribution in [3.05, 3.63) is 0 Å². The van der Waals surface area contributed by atoms with Crippen molar-refractivity contribution < 1.29 is 28.8 Å². The first-order valence-electron chi connectivity index (χ1n) is 17.9. The Balaban J connectivity index is 0.000000882. The van der Waals surface area contributed by atoms with Crippen LogP contribution >= 0.6 is 0 Å². The van der Waals surface area contributed by atoms with Gasteiger partial charge in [0.05, 0.1) is 24.4 Å². The highest BCUT2D eigenvalue weighted by Gasteiger charge is 2.41. The van der Waals surface area contributed by atoms with Crippen LogP contribution in [0.5, 0.6) is 0 Å². The van der Waals surface area contributed by atoms with Crippen LogP contribution in [0.2, 0.25) is 0 Å². The number of aliphatic hydroxyl groups excluding tert-OH is 1. The minimum Gasteiger partial charge on any atom is -0.380 e. The molecule has 0 saturated carbocycles. The standard InChI is InChI=1S/C20H32O3.C20H30O3.CH4/c2*1-5-7-8-9-12-15-18-19(23-20(3,4)22-18)16-13-10-11-14-17(21)6-2;/h17-19,21H,5-9,12,15-16H2,1-4H3;18-19H,5-9,12,15-16H2,1-4H3;1H4/t17?,18-,19-;18-,19-;/m11./s1. The van der Waals surface area contributed by atoms with Gasteiger partial charge < -0.3 is 24.1 Å². The molecule has 0 aromatic heterocycles. The topological polar surface area (TPSA) is 74.2 Å².